The molecular formula is C18H20F2N2O3S. The number of rotatable bonds is 8. The van der Waals surface area contributed by atoms with Gasteiger partial charge < -0.3 is 5.32 Å². The number of sulfonamides is 1. The van der Waals surface area contributed by atoms with Gasteiger partial charge in [-0.1, -0.05) is 37.3 Å². The number of hydrogen-bond acceptors (Lipinski definition) is 3. The van der Waals surface area contributed by atoms with Gasteiger partial charge in [0, 0.05) is 19.5 Å². The topological polar surface area (TPSA) is 75.3 Å². The molecule has 8 heteroatoms. The van der Waals surface area contributed by atoms with Crippen molar-refractivity contribution < 1.29 is 22.0 Å². The van der Waals surface area contributed by atoms with Crippen LogP contribution in [0.4, 0.5) is 8.78 Å². The summed E-state index contributed by atoms with van der Waals surface area (Å²) in [5, 5.41) is 2.74. The van der Waals surface area contributed by atoms with Gasteiger partial charge >= 0.3 is 0 Å². The summed E-state index contributed by atoms with van der Waals surface area (Å²) >= 11 is 0. The summed E-state index contributed by atoms with van der Waals surface area (Å²) in [7, 11) is -4.01. The molecule has 5 nitrogen and oxygen atoms in total. The monoisotopic (exact) mass is 382 g/mol. The molecule has 26 heavy (non-hydrogen) atoms. The number of benzene rings is 2. The molecule has 0 spiro atoms. The van der Waals surface area contributed by atoms with E-state index in [-0.39, 0.29) is 24.8 Å². The first-order chi connectivity index (χ1) is 12.3. The summed E-state index contributed by atoms with van der Waals surface area (Å²) in [6, 6.07) is 12.0. The lowest BCUT2D eigenvalue weighted by Crippen LogP contribution is -2.32. The van der Waals surface area contributed by atoms with Gasteiger partial charge in [0.1, 0.15) is 0 Å². The Morgan fingerprint density at radius 3 is 2.42 bits per heavy atom. The highest BCUT2D eigenvalue weighted by Gasteiger charge is 2.16. The first-order valence-electron chi connectivity index (χ1n) is 8.06. The maximum Gasteiger partial charge on any atom is 0.240 e. The zero-order valence-corrected chi connectivity index (χ0v) is 15.0. The van der Waals surface area contributed by atoms with Crippen LogP contribution in [0.15, 0.2) is 53.4 Å². The molecule has 0 aliphatic rings. The second-order valence-corrected chi connectivity index (χ2v) is 7.61. The van der Waals surface area contributed by atoms with Gasteiger partial charge in [-0.3, -0.25) is 4.79 Å². The number of carbonyl (C=O) groups excluding carboxylic acids is 1. The van der Waals surface area contributed by atoms with Crippen molar-refractivity contribution in [3.8, 4) is 0 Å². The van der Waals surface area contributed by atoms with Crippen LogP contribution in [0.5, 0.6) is 0 Å². The lowest BCUT2D eigenvalue weighted by Gasteiger charge is -2.13. The molecule has 1 amide bonds. The smallest absolute Gasteiger partial charge is 0.240 e. The first kappa shape index (κ1) is 20.0. The molecule has 0 saturated heterocycles. The third-order valence-electron chi connectivity index (χ3n) is 3.82. The van der Waals surface area contributed by atoms with E-state index in [4.69, 9.17) is 0 Å². The van der Waals surface area contributed by atoms with Gasteiger partial charge in [-0.2, -0.15) is 0 Å². The number of amides is 1. The highest BCUT2D eigenvalue weighted by molar-refractivity contribution is 7.89. The molecule has 0 bridgehead atoms. The van der Waals surface area contributed by atoms with E-state index in [1.165, 1.54) is 0 Å². The third-order valence-corrected chi connectivity index (χ3v) is 5.28. The van der Waals surface area contributed by atoms with Gasteiger partial charge in [-0.15, -0.1) is 0 Å². The summed E-state index contributed by atoms with van der Waals surface area (Å²) in [6.45, 7) is 2.26. The molecule has 2 N–H and O–H groups in total. The highest BCUT2D eigenvalue weighted by atomic mass is 32.2. The molecule has 0 fully saturated rings. The molecule has 2 aromatic rings. The SMILES string of the molecule is CC(CNC(=O)CCNS(=O)(=O)c1ccc(F)c(F)c1)c1ccccc1. The van der Waals surface area contributed by atoms with E-state index >= 15 is 0 Å². The van der Waals surface area contributed by atoms with Crippen molar-refractivity contribution in [3.63, 3.8) is 0 Å². The standard InChI is InChI=1S/C18H20F2N2O3S/c1-13(14-5-3-2-4-6-14)12-21-18(23)9-10-22-26(24,25)15-7-8-16(19)17(20)11-15/h2-8,11,13,22H,9-10,12H2,1H3,(H,21,23). The predicted molar refractivity (Wildman–Crippen MR) is 94.0 cm³/mol. The quantitative estimate of drug-likeness (QED) is 0.737. The Morgan fingerprint density at radius 1 is 1.08 bits per heavy atom. The van der Waals surface area contributed by atoms with Crippen molar-refractivity contribution in [2.45, 2.75) is 24.2 Å². The molecule has 140 valence electrons. The molecule has 1 unspecified atom stereocenters. The Balaban J connectivity index is 1.79. The van der Waals surface area contributed by atoms with Gasteiger partial charge in [-0.05, 0) is 29.7 Å². The van der Waals surface area contributed by atoms with Crippen LogP contribution in [0.1, 0.15) is 24.8 Å². The average molecular weight is 382 g/mol. The van der Waals surface area contributed by atoms with Crippen LogP contribution in [-0.2, 0) is 14.8 Å². The molecule has 2 rings (SSSR count). The van der Waals surface area contributed by atoms with Crippen LogP contribution >= 0.6 is 0 Å². The van der Waals surface area contributed by atoms with Crippen LogP contribution in [0.3, 0.4) is 0 Å². The minimum Gasteiger partial charge on any atom is -0.355 e. The normalized spacial score (nSPS) is 12.6. The van der Waals surface area contributed by atoms with Gasteiger partial charge in [0.25, 0.3) is 0 Å². The highest BCUT2D eigenvalue weighted by Crippen LogP contribution is 2.14. The molecule has 0 aromatic heterocycles. The lowest BCUT2D eigenvalue weighted by atomic mass is 10.0. The van der Waals surface area contributed by atoms with Gasteiger partial charge in [-0.25, -0.2) is 21.9 Å². The summed E-state index contributed by atoms with van der Waals surface area (Å²) < 4.78 is 52.2. The maximum absolute atomic E-state index is 13.1. The van der Waals surface area contributed by atoms with Gasteiger partial charge in [0.15, 0.2) is 11.6 Å². The fraction of sp³-hybridized carbons (Fsp3) is 0.278. The second-order valence-electron chi connectivity index (χ2n) is 5.84. The molecule has 0 aliphatic heterocycles. The molecule has 0 heterocycles. The van der Waals surface area contributed by atoms with E-state index in [1.807, 2.05) is 37.3 Å². The molecule has 0 radical (unpaired) electrons. The summed E-state index contributed by atoms with van der Waals surface area (Å²) in [6.07, 6.45) is -0.0651. The Morgan fingerprint density at radius 2 is 1.77 bits per heavy atom. The van der Waals surface area contributed by atoms with E-state index in [0.29, 0.717) is 12.6 Å². The van der Waals surface area contributed by atoms with Crippen molar-refractivity contribution >= 4 is 15.9 Å². The number of halogens is 2. The third kappa shape index (κ3) is 5.60. The maximum atomic E-state index is 13.1. The van der Waals surface area contributed by atoms with E-state index < -0.39 is 26.6 Å². The Kier molecular flexibility index (Phi) is 6.82. The molecule has 2 aromatic carbocycles. The summed E-state index contributed by atoms with van der Waals surface area (Å²) in [5.41, 5.74) is 1.09. The molecule has 0 aliphatic carbocycles. The molecule has 1 atom stereocenters. The fourth-order valence-corrected chi connectivity index (χ4v) is 3.32. The largest absolute Gasteiger partial charge is 0.355 e. The van der Waals surface area contributed by atoms with Crippen LogP contribution in [0, 0.1) is 11.6 Å². The number of carbonyl (C=O) groups is 1. The zero-order chi connectivity index (χ0) is 19.2. The van der Waals surface area contributed by atoms with Crippen LogP contribution in [0.25, 0.3) is 0 Å². The Labute approximate surface area is 151 Å². The van der Waals surface area contributed by atoms with E-state index in [9.17, 15) is 22.0 Å². The second kappa shape index (κ2) is 8.86. The van der Waals surface area contributed by atoms with Crippen molar-refractivity contribution in [2.24, 2.45) is 0 Å². The summed E-state index contributed by atoms with van der Waals surface area (Å²) in [4.78, 5) is 11.5. The van der Waals surface area contributed by atoms with Crippen molar-refractivity contribution in [1.29, 1.82) is 0 Å². The van der Waals surface area contributed by atoms with Crippen LogP contribution in [0.2, 0.25) is 0 Å². The van der Waals surface area contributed by atoms with Crippen molar-refractivity contribution in [2.75, 3.05) is 13.1 Å². The Hall–Kier alpha value is -2.32. The first-order valence-corrected chi connectivity index (χ1v) is 9.54. The van der Waals surface area contributed by atoms with Gasteiger partial charge in [0.05, 0.1) is 4.90 Å². The van der Waals surface area contributed by atoms with E-state index in [1.54, 1.807) is 0 Å². The minimum absolute atomic E-state index is 0.0651. The molecule has 0 saturated carbocycles. The van der Waals surface area contributed by atoms with Crippen molar-refractivity contribution in [1.82, 2.24) is 10.0 Å². The summed E-state index contributed by atoms with van der Waals surface area (Å²) in [5.74, 6) is -2.56. The number of nitrogens with one attached hydrogen (secondary N) is 2. The fourth-order valence-electron chi connectivity index (χ4n) is 2.28. The predicted octanol–water partition coefficient (Wildman–Crippen LogP) is 2.55. The number of hydrogen-bond donors (Lipinski definition) is 2. The minimum atomic E-state index is -4.01. The van der Waals surface area contributed by atoms with Crippen LogP contribution < -0.4 is 10.0 Å². The van der Waals surface area contributed by atoms with E-state index in [0.717, 1.165) is 17.7 Å². The molecular weight excluding hydrogens is 362 g/mol. The van der Waals surface area contributed by atoms with Crippen LogP contribution in [-0.4, -0.2) is 27.4 Å². The van der Waals surface area contributed by atoms with E-state index in [2.05, 4.69) is 10.0 Å². The average Bonchev–Trinajstić information content (AvgIpc) is 2.62. The lowest BCUT2D eigenvalue weighted by molar-refractivity contribution is -0.120. The van der Waals surface area contributed by atoms with Crippen molar-refractivity contribution in [3.05, 3.63) is 65.7 Å². The Bertz CT molecular complexity index is 858. The zero-order valence-electron chi connectivity index (χ0n) is 14.2. The van der Waals surface area contributed by atoms with Gasteiger partial charge in [0.2, 0.25) is 15.9 Å².